The zero-order chi connectivity index (χ0) is 32.0. The highest BCUT2D eigenvalue weighted by Crippen LogP contribution is 2.75. The third-order valence-electron chi connectivity index (χ3n) is 14.1. The molecule has 0 radical (unpaired) electrons. The highest BCUT2D eigenvalue weighted by molar-refractivity contribution is 5.96. The summed E-state index contributed by atoms with van der Waals surface area (Å²) in [5.74, 6) is -3.74. The molecule has 5 rings (SSSR count). The molecule has 1 amide bonds. The predicted octanol–water partition coefficient (Wildman–Crippen LogP) is 5.16. The normalized spacial score (nSPS) is 47.0. The molecule has 9 nitrogen and oxygen atoms in total. The Kier molecular flexibility index (Phi) is 7.30. The Morgan fingerprint density at radius 2 is 1.56 bits per heavy atom. The molecule has 238 valence electrons. The summed E-state index contributed by atoms with van der Waals surface area (Å²) in [5, 5.41) is 23.7. The summed E-state index contributed by atoms with van der Waals surface area (Å²) in [7, 11) is 1.20. The molecule has 5 aliphatic rings. The number of carboxylic acids is 2. The van der Waals surface area contributed by atoms with Gasteiger partial charge in [-0.1, -0.05) is 33.3 Å². The third-order valence-corrected chi connectivity index (χ3v) is 14.1. The smallest absolute Gasteiger partial charge is 0.315 e. The molecule has 4 fully saturated rings. The van der Waals surface area contributed by atoms with Gasteiger partial charge in [0.25, 0.3) is 0 Å². The first-order chi connectivity index (χ1) is 19.8. The first kappa shape index (κ1) is 31.7. The molecule has 0 aromatic heterocycles. The molecule has 0 spiro atoms. The SMILES string of the molecule is COC(=O)CC(=O)N[C@H]1CC[C@@]2(C)[C@@H](CC[C@]3(C)[C@@H]2C(=O)C=C2[C@@H]4C[C@@](C)(C(=O)O)CC[C@]4(C)CC[C@]23C)[C@]1(C)C(=O)O. The summed E-state index contributed by atoms with van der Waals surface area (Å²) in [4.78, 5) is 64.3. The standard InChI is InChI=1S/C34H49NO8/c1-29-12-13-30(2,27(39)40)18-20(29)19-16-21(36)26-31(3)10-9-23(35-24(37)17-25(38)43-7)34(6,28(41)42)22(31)8-11-33(26,5)32(19,4)15-14-29/h16,20,22-23,26H,8-15,17-18H2,1-7H3,(H,35,37)(H,39,40)(H,41,42)/t20-,22+,23-,26+,29+,30-,31-,32+,33+,34-/m0/s1. The van der Waals surface area contributed by atoms with E-state index >= 15 is 0 Å². The van der Waals surface area contributed by atoms with E-state index in [1.165, 1.54) is 7.11 Å². The van der Waals surface area contributed by atoms with Crippen molar-refractivity contribution in [3.05, 3.63) is 11.6 Å². The molecule has 5 aliphatic carbocycles. The minimum absolute atomic E-state index is 0.0124. The van der Waals surface area contributed by atoms with Crippen molar-refractivity contribution in [1.82, 2.24) is 5.32 Å². The van der Waals surface area contributed by atoms with Gasteiger partial charge in [0, 0.05) is 12.0 Å². The summed E-state index contributed by atoms with van der Waals surface area (Å²) in [6, 6.07) is -0.684. The van der Waals surface area contributed by atoms with E-state index in [2.05, 4.69) is 37.7 Å². The fourth-order valence-corrected chi connectivity index (χ4v) is 11.0. The number of esters is 1. The second-order valence-electron chi connectivity index (χ2n) is 16.1. The van der Waals surface area contributed by atoms with E-state index in [9.17, 15) is 34.2 Å². The molecule has 0 unspecified atom stereocenters. The lowest BCUT2D eigenvalue weighted by Gasteiger charge is -2.70. The van der Waals surface area contributed by atoms with Crippen molar-refractivity contribution in [2.45, 2.75) is 112 Å². The topological polar surface area (TPSA) is 147 Å². The predicted molar refractivity (Wildman–Crippen MR) is 158 cm³/mol. The lowest BCUT2D eigenvalue weighted by molar-refractivity contribution is -0.202. The number of allylic oxidation sites excluding steroid dienone is 2. The summed E-state index contributed by atoms with van der Waals surface area (Å²) in [6.07, 6.45) is 7.48. The van der Waals surface area contributed by atoms with Gasteiger partial charge in [-0.15, -0.1) is 0 Å². The molecule has 3 N–H and O–H groups in total. The van der Waals surface area contributed by atoms with Gasteiger partial charge in [0.15, 0.2) is 5.78 Å². The fourth-order valence-electron chi connectivity index (χ4n) is 11.0. The van der Waals surface area contributed by atoms with Crippen LogP contribution in [0.1, 0.15) is 106 Å². The second-order valence-corrected chi connectivity index (χ2v) is 16.1. The second kappa shape index (κ2) is 9.90. The average molecular weight is 600 g/mol. The molecule has 0 heterocycles. The van der Waals surface area contributed by atoms with Gasteiger partial charge in [-0.3, -0.25) is 24.0 Å². The zero-order valence-electron chi connectivity index (χ0n) is 26.8. The molecule has 0 saturated heterocycles. The number of aliphatic carboxylic acids is 2. The summed E-state index contributed by atoms with van der Waals surface area (Å²) in [6.45, 7) is 12.4. The van der Waals surface area contributed by atoms with Crippen molar-refractivity contribution < 1.29 is 38.9 Å². The summed E-state index contributed by atoms with van der Waals surface area (Å²) < 4.78 is 4.62. The van der Waals surface area contributed by atoms with E-state index in [1.54, 1.807) is 6.92 Å². The minimum Gasteiger partial charge on any atom is -0.481 e. The number of carbonyl (C=O) groups is 5. The molecule has 0 aromatic carbocycles. The Hall–Kier alpha value is -2.71. The number of ether oxygens (including phenoxy) is 1. The van der Waals surface area contributed by atoms with Crippen LogP contribution in [0.4, 0.5) is 0 Å². The fraction of sp³-hybridized carbons (Fsp3) is 0.794. The maximum absolute atomic E-state index is 14.5. The van der Waals surface area contributed by atoms with Crippen molar-refractivity contribution in [2.75, 3.05) is 7.11 Å². The number of ketones is 1. The number of nitrogens with one attached hydrogen (secondary N) is 1. The molecular formula is C34H49NO8. The van der Waals surface area contributed by atoms with Crippen LogP contribution >= 0.6 is 0 Å². The van der Waals surface area contributed by atoms with Gasteiger partial charge in [0.2, 0.25) is 5.91 Å². The van der Waals surface area contributed by atoms with Gasteiger partial charge >= 0.3 is 17.9 Å². The van der Waals surface area contributed by atoms with Crippen LogP contribution in [0.3, 0.4) is 0 Å². The van der Waals surface area contributed by atoms with Crippen LogP contribution in [0.5, 0.6) is 0 Å². The Morgan fingerprint density at radius 1 is 0.907 bits per heavy atom. The van der Waals surface area contributed by atoms with Gasteiger partial charge in [-0.05, 0) is 111 Å². The Balaban J connectivity index is 1.54. The quantitative estimate of drug-likeness (QED) is 0.290. The first-order valence-electron chi connectivity index (χ1n) is 15.9. The number of rotatable bonds is 5. The lowest BCUT2D eigenvalue weighted by atomic mass is 9.33. The molecule has 0 aliphatic heterocycles. The molecular weight excluding hydrogens is 550 g/mol. The van der Waals surface area contributed by atoms with E-state index in [1.807, 2.05) is 13.0 Å². The minimum atomic E-state index is -1.33. The lowest BCUT2D eigenvalue weighted by Crippen LogP contribution is -2.69. The van der Waals surface area contributed by atoms with E-state index in [0.717, 1.165) is 24.8 Å². The average Bonchev–Trinajstić information content (AvgIpc) is 2.92. The number of hydrogen-bond acceptors (Lipinski definition) is 6. The Morgan fingerprint density at radius 3 is 2.16 bits per heavy atom. The van der Waals surface area contributed by atoms with Crippen LogP contribution in [0.2, 0.25) is 0 Å². The molecule has 4 saturated carbocycles. The van der Waals surface area contributed by atoms with Crippen molar-refractivity contribution in [3.63, 3.8) is 0 Å². The number of carboxylic acid groups (broad SMARTS) is 2. The highest BCUT2D eigenvalue weighted by Gasteiger charge is 2.72. The van der Waals surface area contributed by atoms with Gasteiger partial charge in [0.1, 0.15) is 6.42 Å². The number of hydrogen-bond donors (Lipinski definition) is 3. The van der Waals surface area contributed by atoms with E-state index in [4.69, 9.17) is 0 Å². The van der Waals surface area contributed by atoms with Crippen LogP contribution in [0.15, 0.2) is 11.6 Å². The van der Waals surface area contributed by atoms with Gasteiger partial charge < -0.3 is 20.3 Å². The molecule has 0 aromatic rings. The van der Waals surface area contributed by atoms with Crippen LogP contribution in [-0.2, 0) is 28.7 Å². The molecule has 43 heavy (non-hydrogen) atoms. The third kappa shape index (κ3) is 4.26. The van der Waals surface area contributed by atoms with Crippen LogP contribution in [0, 0.1) is 50.2 Å². The van der Waals surface area contributed by atoms with Crippen molar-refractivity contribution in [1.29, 1.82) is 0 Å². The number of fused-ring (bicyclic) bond motifs is 7. The van der Waals surface area contributed by atoms with Crippen molar-refractivity contribution in [3.8, 4) is 0 Å². The highest BCUT2D eigenvalue weighted by atomic mass is 16.5. The summed E-state index contributed by atoms with van der Waals surface area (Å²) >= 11 is 0. The maximum atomic E-state index is 14.5. The largest absolute Gasteiger partial charge is 0.481 e. The van der Waals surface area contributed by atoms with Crippen molar-refractivity contribution in [2.24, 2.45) is 50.2 Å². The first-order valence-corrected chi connectivity index (χ1v) is 15.9. The van der Waals surface area contributed by atoms with Gasteiger partial charge in [-0.2, -0.15) is 0 Å². The number of carbonyl (C=O) groups excluding carboxylic acids is 3. The maximum Gasteiger partial charge on any atom is 0.315 e. The molecule has 0 bridgehead atoms. The van der Waals surface area contributed by atoms with Gasteiger partial charge in [0.05, 0.1) is 17.9 Å². The number of amides is 1. The number of methoxy groups -OCH3 is 1. The van der Waals surface area contributed by atoms with Crippen LogP contribution < -0.4 is 5.32 Å². The van der Waals surface area contributed by atoms with Gasteiger partial charge in [-0.25, -0.2) is 0 Å². The van der Waals surface area contributed by atoms with Crippen LogP contribution in [0.25, 0.3) is 0 Å². The van der Waals surface area contributed by atoms with Crippen LogP contribution in [-0.4, -0.2) is 53.0 Å². The van der Waals surface area contributed by atoms with Crippen molar-refractivity contribution >= 4 is 29.6 Å². The molecule has 10 atom stereocenters. The van der Waals surface area contributed by atoms with E-state index in [-0.39, 0.29) is 28.4 Å². The van der Waals surface area contributed by atoms with E-state index in [0.29, 0.717) is 38.5 Å². The Bertz CT molecular complexity index is 1310. The Labute approximate surface area is 254 Å². The summed E-state index contributed by atoms with van der Waals surface area (Å²) in [5.41, 5.74) is -2.44. The zero-order valence-corrected chi connectivity index (χ0v) is 26.8. The van der Waals surface area contributed by atoms with E-state index < -0.39 is 63.9 Å². The monoisotopic (exact) mass is 599 g/mol. The molecule has 9 heteroatoms.